The topological polar surface area (TPSA) is 124 Å². The molecule has 0 radical (unpaired) electrons. The number of nitrogens with one attached hydrogen (secondary N) is 4. The zero-order valence-electron chi connectivity index (χ0n) is 16.4. The first kappa shape index (κ1) is 21.1. The summed E-state index contributed by atoms with van der Waals surface area (Å²) in [6.45, 7) is 3.27. The summed E-state index contributed by atoms with van der Waals surface area (Å²) in [7, 11) is 0. The fourth-order valence-electron chi connectivity index (χ4n) is 3.09. The van der Waals surface area contributed by atoms with Gasteiger partial charge in [0.1, 0.15) is 22.1 Å². The second-order valence-corrected chi connectivity index (χ2v) is 8.54. The van der Waals surface area contributed by atoms with Gasteiger partial charge in [0.15, 0.2) is 11.9 Å². The number of fused-ring (bicyclic) bond motifs is 2. The summed E-state index contributed by atoms with van der Waals surface area (Å²) in [6.07, 6.45) is 0. The third kappa shape index (κ3) is 4.39. The molecule has 0 fully saturated rings. The first-order chi connectivity index (χ1) is 15.7. The molecule has 10 nitrogen and oxygen atoms in total. The van der Waals surface area contributed by atoms with E-state index >= 15 is 0 Å². The van der Waals surface area contributed by atoms with E-state index in [1.54, 1.807) is 0 Å². The molecule has 0 unspecified atom stereocenters. The molecule has 2 aliphatic rings. The molecular weight excluding hydrogens is 491 g/mol. The van der Waals surface area contributed by atoms with Gasteiger partial charge >= 0.3 is 0 Å². The van der Waals surface area contributed by atoms with Crippen molar-refractivity contribution in [3.63, 3.8) is 0 Å². The summed E-state index contributed by atoms with van der Waals surface area (Å²) >= 11 is 14.6. The molecule has 4 heterocycles. The molecule has 32 heavy (non-hydrogen) atoms. The summed E-state index contributed by atoms with van der Waals surface area (Å²) in [5.74, 6) is 1.48. The Labute approximate surface area is 200 Å². The summed E-state index contributed by atoms with van der Waals surface area (Å²) in [4.78, 5) is 8.51. The quantitative estimate of drug-likeness (QED) is 0.325. The van der Waals surface area contributed by atoms with Crippen LogP contribution in [0.5, 0.6) is 0 Å². The van der Waals surface area contributed by atoms with Crippen LogP contribution in [0.4, 0.5) is 11.4 Å². The minimum absolute atomic E-state index is 0.622. The number of benzene rings is 2. The molecule has 0 bridgehead atoms. The number of aromatic nitrogens is 4. The Balaban J connectivity index is 0.000000135. The normalized spacial score (nSPS) is 14.9. The number of aliphatic imine (C=N–C) groups is 2. The lowest BCUT2D eigenvalue weighted by Gasteiger charge is -2.08. The number of hydrogen-bond acceptors (Lipinski definition) is 12. The van der Waals surface area contributed by atoms with Gasteiger partial charge < -0.3 is 21.3 Å². The van der Waals surface area contributed by atoms with Gasteiger partial charge in [-0.1, -0.05) is 23.2 Å². The van der Waals surface area contributed by atoms with Crippen molar-refractivity contribution >= 4 is 92.0 Å². The average molecular weight is 507 g/mol. The van der Waals surface area contributed by atoms with Gasteiger partial charge in [0.2, 0.25) is 0 Å². The Morgan fingerprint density at radius 1 is 0.688 bits per heavy atom. The predicted octanol–water partition coefficient (Wildman–Crippen LogP) is 3.43. The molecule has 14 heteroatoms. The van der Waals surface area contributed by atoms with Crippen LogP contribution < -0.4 is 21.3 Å². The standard InChI is InChI=1S/2C9H8ClN5S/c2*10-5-1-2-6-8(15-16-14-6)7(5)13-9-11-3-4-12-9/h2*1-2H,3-4H2,(H2,11,12,13). The van der Waals surface area contributed by atoms with Gasteiger partial charge in [0.25, 0.3) is 0 Å². The van der Waals surface area contributed by atoms with Crippen LogP contribution in [-0.4, -0.2) is 55.6 Å². The Bertz CT molecular complexity index is 1230. The van der Waals surface area contributed by atoms with Crippen molar-refractivity contribution in [1.29, 1.82) is 0 Å². The van der Waals surface area contributed by atoms with E-state index in [0.29, 0.717) is 10.0 Å². The summed E-state index contributed by atoms with van der Waals surface area (Å²) < 4.78 is 16.8. The Kier molecular flexibility index (Phi) is 6.17. The molecule has 0 spiro atoms. The largest absolute Gasteiger partial charge is 0.354 e. The number of anilines is 2. The van der Waals surface area contributed by atoms with Gasteiger partial charge in [-0.3, -0.25) is 9.98 Å². The second kappa shape index (κ2) is 9.36. The molecular formula is C18H16Cl2N10S2. The maximum Gasteiger partial charge on any atom is 0.196 e. The zero-order chi connectivity index (χ0) is 21.9. The highest BCUT2D eigenvalue weighted by Gasteiger charge is 2.14. The van der Waals surface area contributed by atoms with Gasteiger partial charge in [-0.2, -0.15) is 17.5 Å². The molecule has 0 aliphatic carbocycles. The molecule has 4 aromatic rings. The number of guanidine groups is 2. The van der Waals surface area contributed by atoms with Crippen LogP contribution in [0.3, 0.4) is 0 Å². The Hall–Kier alpha value is -2.80. The van der Waals surface area contributed by atoms with Crippen molar-refractivity contribution in [2.75, 3.05) is 36.8 Å². The number of rotatable bonds is 2. The van der Waals surface area contributed by atoms with E-state index in [4.69, 9.17) is 23.2 Å². The van der Waals surface area contributed by atoms with Crippen molar-refractivity contribution in [3.8, 4) is 0 Å². The van der Waals surface area contributed by atoms with E-state index in [1.807, 2.05) is 24.3 Å². The second-order valence-electron chi connectivity index (χ2n) is 6.67. The molecule has 0 amide bonds. The molecule has 2 aliphatic heterocycles. The fourth-order valence-corrected chi connectivity index (χ4v) is 4.58. The number of halogens is 2. The lowest BCUT2D eigenvalue weighted by atomic mass is 10.2. The first-order valence-corrected chi connectivity index (χ1v) is 11.8. The van der Waals surface area contributed by atoms with Crippen molar-refractivity contribution in [1.82, 2.24) is 28.1 Å². The zero-order valence-corrected chi connectivity index (χ0v) is 19.5. The molecule has 2 aromatic heterocycles. The van der Waals surface area contributed by atoms with E-state index in [9.17, 15) is 0 Å². The molecule has 0 saturated carbocycles. The monoisotopic (exact) mass is 506 g/mol. The Morgan fingerprint density at radius 3 is 1.56 bits per heavy atom. The van der Waals surface area contributed by atoms with Crippen molar-refractivity contribution in [3.05, 3.63) is 34.3 Å². The highest BCUT2D eigenvalue weighted by Crippen LogP contribution is 2.30. The van der Waals surface area contributed by atoms with Gasteiger partial charge in [-0.05, 0) is 24.3 Å². The van der Waals surface area contributed by atoms with E-state index < -0.39 is 0 Å². The van der Waals surface area contributed by atoms with Crippen LogP contribution in [0.25, 0.3) is 22.1 Å². The van der Waals surface area contributed by atoms with Crippen LogP contribution in [0, 0.1) is 0 Å². The molecule has 0 atom stereocenters. The summed E-state index contributed by atoms with van der Waals surface area (Å²) in [5.41, 5.74) is 4.79. The minimum Gasteiger partial charge on any atom is -0.354 e. The maximum atomic E-state index is 6.13. The van der Waals surface area contributed by atoms with Gasteiger partial charge in [-0.25, -0.2) is 0 Å². The third-order valence-corrected chi connectivity index (χ3v) is 6.30. The van der Waals surface area contributed by atoms with Crippen molar-refractivity contribution in [2.45, 2.75) is 0 Å². The van der Waals surface area contributed by atoms with Crippen LogP contribution in [0.15, 0.2) is 34.3 Å². The first-order valence-electron chi connectivity index (χ1n) is 9.61. The van der Waals surface area contributed by atoms with Crippen LogP contribution in [0.2, 0.25) is 10.0 Å². The lowest BCUT2D eigenvalue weighted by molar-refractivity contribution is 0.959. The van der Waals surface area contributed by atoms with Gasteiger partial charge in [-0.15, -0.1) is 0 Å². The third-order valence-electron chi connectivity index (χ3n) is 4.59. The molecule has 6 rings (SSSR count). The molecule has 4 N–H and O–H groups in total. The van der Waals surface area contributed by atoms with Gasteiger partial charge in [0, 0.05) is 13.1 Å². The van der Waals surface area contributed by atoms with Crippen LogP contribution >= 0.6 is 46.7 Å². The lowest BCUT2D eigenvalue weighted by Crippen LogP contribution is -2.26. The minimum atomic E-state index is 0.622. The number of nitrogens with zero attached hydrogens (tertiary/aromatic N) is 6. The Morgan fingerprint density at radius 2 is 1.16 bits per heavy atom. The summed E-state index contributed by atoms with van der Waals surface area (Å²) in [6, 6.07) is 7.33. The van der Waals surface area contributed by atoms with E-state index in [0.717, 1.165) is 71.5 Å². The van der Waals surface area contributed by atoms with E-state index in [2.05, 4.69) is 48.7 Å². The predicted molar refractivity (Wildman–Crippen MR) is 133 cm³/mol. The van der Waals surface area contributed by atoms with Gasteiger partial charge in [0.05, 0.1) is 58.0 Å². The number of hydrogen-bond donors (Lipinski definition) is 4. The smallest absolute Gasteiger partial charge is 0.196 e. The van der Waals surface area contributed by atoms with Crippen molar-refractivity contribution < 1.29 is 0 Å². The SMILES string of the molecule is Clc1ccc2nsnc2c1NC1=NCCN1.Clc1ccc2nsnc2c1NC1=NCCN1. The van der Waals surface area contributed by atoms with Crippen LogP contribution in [-0.2, 0) is 0 Å². The van der Waals surface area contributed by atoms with Crippen LogP contribution in [0.1, 0.15) is 0 Å². The highest BCUT2D eigenvalue weighted by molar-refractivity contribution is 7.00. The fraction of sp³-hybridized carbons (Fsp3) is 0.222. The summed E-state index contributed by atoms with van der Waals surface area (Å²) in [5, 5.41) is 13.8. The molecule has 164 valence electrons. The highest BCUT2D eigenvalue weighted by atomic mass is 35.5. The van der Waals surface area contributed by atoms with E-state index in [1.165, 1.54) is 23.5 Å². The maximum absolute atomic E-state index is 6.13. The van der Waals surface area contributed by atoms with Crippen molar-refractivity contribution in [2.24, 2.45) is 9.98 Å². The molecule has 2 aromatic carbocycles. The van der Waals surface area contributed by atoms with E-state index in [-0.39, 0.29) is 0 Å². The average Bonchev–Trinajstić information content (AvgIpc) is 3.60. The molecule has 0 saturated heterocycles.